The third-order valence-corrected chi connectivity index (χ3v) is 9.00. The number of ether oxygens (including phenoxy) is 1. The molecule has 1 aromatic heterocycles. The van der Waals surface area contributed by atoms with Gasteiger partial charge >= 0.3 is 11.7 Å². The van der Waals surface area contributed by atoms with Crippen LogP contribution in [0.15, 0.2) is 35.3 Å². The van der Waals surface area contributed by atoms with Crippen LogP contribution in [0.25, 0.3) is 11.1 Å². The van der Waals surface area contributed by atoms with Crippen LogP contribution in [0.4, 0.5) is 8.78 Å². The summed E-state index contributed by atoms with van der Waals surface area (Å²) in [5.41, 5.74) is 5.03. The number of likely N-dealkylation sites (tertiary alicyclic amines) is 1. The number of esters is 1. The van der Waals surface area contributed by atoms with E-state index < -0.39 is 41.1 Å². The number of benzene rings is 2. The van der Waals surface area contributed by atoms with Crippen LogP contribution in [0.2, 0.25) is 0 Å². The summed E-state index contributed by atoms with van der Waals surface area (Å²) >= 11 is 0. The second-order valence-electron chi connectivity index (χ2n) is 14.1. The van der Waals surface area contributed by atoms with Gasteiger partial charge in [-0.15, -0.1) is 0 Å². The number of amides is 1. The molecule has 0 saturated carbocycles. The zero-order chi connectivity index (χ0) is 35.5. The standard InChI is InChI=1S/C38H50F2N4O4/c1-10-48-33(45)18-31(30-17-29(16-26(7)35(30)39)34-24(5)14-23(4)15-25(34)6)42-36(46)32(13-22(2)3)44-19-28(27(8)41-37(44)47)11-12-43-20-38(9,40)21-43/h14-17,19,22,31-32H,10-13,18,20-21H2,1-9H3,(H,42,46)/t31-,32-/m0/s1. The van der Waals surface area contributed by atoms with Crippen LogP contribution < -0.4 is 11.0 Å². The van der Waals surface area contributed by atoms with Crippen molar-refractivity contribution < 1.29 is 23.1 Å². The lowest BCUT2D eigenvalue weighted by molar-refractivity contribution is -0.144. The minimum absolute atomic E-state index is 0.0130. The highest BCUT2D eigenvalue weighted by atomic mass is 19.1. The van der Waals surface area contributed by atoms with Crippen LogP contribution in [-0.2, 0) is 20.7 Å². The highest BCUT2D eigenvalue weighted by Gasteiger charge is 2.38. The van der Waals surface area contributed by atoms with E-state index >= 15 is 4.39 Å². The zero-order valence-corrected chi connectivity index (χ0v) is 29.8. The Morgan fingerprint density at radius 3 is 2.27 bits per heavy atom. The molecule has 1 amide bonds. The Balaban J connectivity index is 1.73. The van der Waals surface area contributed by atoms with Gasteiger partial charge in [0.25, 0.3) is 0 Å². The number of rotatable bonds is 13. The number of carbonyl (C=O) groups is 2. The molecular formula is C38H50F2N4O4. The molecule has 48 heavy (non-hydrogen) atoms. The van der Waals surface area contributed by atoms with Gasteiger partial charge < -0.3 is 10.1 Å². The van der Waals surface area contributed by atoms with Gasteiger partial charge in [-0.05, 0) is 113 Å². The maximum absolute atomic E-state index is 16.0. The fourth-order valence-electron chi connectivity index (χ4n) is 6.90. The highest BCUT2D eigenvalue weighted by molar-refractivity contribution is 5.82. The van der Waals surface area contributed by atoms with E-state index in [-0.39, 0.29) is 24.5 Å². The van der Waals surface area contributed by atoms with E-state index in [1.807, 2.05) is 39.5 Å². The molecule has 0 unspecified atom stereocenters. The molecule has 0 aliphatic carbocycles. The fraction of sp³-hybridized carbons (Fsp3) is 0.526. The second-order valence-corrected chi connectivity index (χ2v) is 14.1. The van der Waals surface area contributed by atoms with Crippen molar-refractivity contribution in [2.75, 3.05) is 26.2 Å². The van der Waals surface area contributed by atoms with E-state index in [2.05, 4.69) is 22.4 Å². The van der Waals surface area contributed by atoms with E-state index in [9.17, 15) is 18.8 Å². The number of alkyl halides is 1. The van der Waals surface area contributed by atoms with Crippen molar-refractivity contribution >= 4 is 11.9 Å². The van der Waals surface area contributed by atoms with Crippen molar-refractivity contribution in [3.63, 3.8) is 0 Å². The lowest BCUT2D eigenvalue weighted by Gasteiger charge is -2.42. The van der Waals surface area contributed by atoms with Crippen LogP contribution in [0.3, 0.4) is 0 Å². The van der Waals surface area contributed by atoms with Crippen molar-refractivity contribution in [2.24, 2.45) is 5.92 Å². The molecule has 8 nitrogen and oxygen atoms in total. The van der Waals surface area contributed by atoms with Gasteiger partial charge in [0.1, 0.15) is 17.5 Å². The molecule has 2 aromatic carbocycles. The summed E-state index contributed by atoms with van der Waals surface area (Å²) in [5.74, 6) is -1.62. The number of hydrogen-bond donors (Lipinski definition) is 1. The smallest absolute Gasteiger partial charge is 0.348 e. The number of hydrogen-bond acceptors (Lipinski definition) is 6. The molecule has 1 aliphatic heterocycles. The molecule has 3 aromatic rings. The van der Waals surface area contributed by atoms with Gasteiger partial charge in [0.05, 0.1) is 19.1 Å². The summed E-state index contributed by atoms with van der Waals surface area (Å²) in [5, 5.41) is 2.93. The van der Waals surface area contributed by atoms with Gasteiger partial charge in [0.15, 0.2) is 0 Å². The molecule has 1 saturated heterocycles. The van der Waals surface area contributed by atoms with Crippen molar-refractivity contribution in [3.8, 4) is 11.1 Å². The predicted octanol–water partition coefficient (Wildman–Crippen LogP) is 6.58. The predicted molar refractivity (Wildman–Crippen MR) is 184 cm³/mol. The van der Waals surface area contributed by atoms with Crippen LogP contribution in [0.1, 0.15) is 91.7 Å². The van der Waals surface area contributed by atoms with Gasteiger partial charge in [-0.25, -0.2) is 13.6 Å². The Hall–Kier alpha value is -3.92. The van der Waals surface area contributed by atoms with Gasteiger partial charge in [0, 0.05) is 37.1 Å². The minimum Gasteiger partial charge on any atom is -0.466 e. The molecule has 10 heteroatoms. The fourth-order valence-corrected chi connectivity index (χ4v) is 6.90. The molecule has 2 heterocycles. The molecule has 1 fully saturated rings. The van der Waals surface area contributed by atoms with Crippen molar-refractivity contribution in [2.45, 2.75) is 99.3 Å². The SMILES string of the molecule is CCOC(=O)C[C@H](NC(=O)[C@H](CC(C)C)n1cc(CCN2CC(C)(F)C2)c(C)nc1=O)c1cc(-c2c(C)cc(C)cc2C)cc(C)c1F. The number of nitrogens with one attached hydrogen (secondary N) is 1. The monoisotopic (exact) mass is 664 g/mol. The maximum Gasteiger partial charge on any atom is 0.348 e. The average molecular weight is 665 g/mol. The number of nitrogens with zero attached hydrogens (tertiary/aromatic N) is 3. The van der Waals surface area contributed by atoms with E-state index in [0.717, 1.165) is 33.4 Å². The molecular weight excluding hydrogens is 614 g/mol. The topological polar surface area (TPSA) is 93.5 Å². The Bertz CT molecular complexity index is 1700. The molecule has 4 rings (SSSR count). The third kappa shape index (κ3) is 8.75. The van der Waals surface area contributed by atoms with Gasteiger partial charge in [-0.1, -0.05) is 31.5 Å². The van der Waals surface area contributed by atoms with Crippen molar-refractivity contribution in [1.82, 2.24) is 19.8 Å². The molecule has 2 atom stereocenters. The van der Waals surface area contributed by atoms with Crippen LogP contribution in [0, 0.1) is 46.4 Å². The first-order valence-corrected chi connectivity index (χ1v) is 16.8. The summed E-state index contributed by atoms with van der Waals surface area (Å²) in [6, 6.07) is 5.58. The molecule has 1 N–H and O–H groups in total. The number of carbonyl (C=O) groups excluding carboxylic acids is 2. The lowest BCUT2D eigenvalue weighted by atomic mass is 9.89. The van der Waals surface area contributed by atoms with Crippen molar-refractivity contribution in [1.29, 1.82) is 0 Å². The Morgan fingerprint density at radius 1 is 1.04 bits per heavy atom. The largest absolute Gasteiger partial charge is 0.466 e. The Kier molecular flexibility index (Phi) is 11.6. The van der Waals surface area contributed by atoms with Gasteiger partial charge in [0.2, 0.25) is 5.91 Å². The van der Waals surface area contributed by atoms with E-state index in [0.29, 0.717) is 43.7 Å². The van der Waals surface area contributed by atoms with Crippen molar-refractivity contribution in [3.05, 3.63) is 85.8 Å². The minimum atomic E-state index is -1.19. The first-order chi connectivity index (χ1) is 22.5. The third-order valence-electron chi connectivity index (χ3n) is 9.00. The normalized spacial score (nSPS) is 15.6. The highest BCUT2D eigenvalue weighted by Crippen LogP contribution is 2.34. The summed E-state index contributed by atoms with van der Waals surface area (Å²) in [7, 11) is 0. The Labute approximate surface area is 282 Å². The maximum atomic E-state index is 16.0. The molecule has 0 bridgehead atoms. The summed E-state index contributed by atoms with van der Waals surface area (Å²) in [6.45, 7) is 18.0. The average Bonchev–Trinajstić information content (AvgIpc) is 2.95. The van der Waals surface area contributed by atoms with E-state index in [1.54, 1.807) is 46.0 Å². The van der Waals surface area contributed by atoms with Gasteiger partial charge in [-0.2, -0.15) is 4.98 Å². The van der Waals surface area contributed by atoms with Crippen LogP contribution in [0.5, 0.6) is 0 Å². The molecule has 1 aliphatic rings. The quantitative estimate of drug-likeness (QED) is 0.208. The summed E-state index contributed by atoms with van der Waals surface area (Å²) in [6.07, 6.45) is 2.21. The van der Waals surface area contributed by atoms with Gasteiger partial charge in [-0.3, -0.25) is 19.1 Å². The first kappa shape index (κ1) is 36.9. The second kappa shape index (κ2) is 15.1. The first-order valence-electron chi connectivity index (χ1n) is 16.8. The summed E-state index contributed by atoms with van der Waals surface area (Å²) < 4.78 is 36.7. The molecule has 0 radical (unpaired) electrons. The lowest BCUT2D eigenvalue weighted by Crippen LogP contribution is -2.57. The van der Waals surface area contributed by atoms with E-state index in [1.165, 1.54) is 4.57 Å². The zero-order valence-electron chi connectivity index (χ0n) is 29.8. The number of halogens is 2. The summed E-state index contributed by atoms with van der Waals surface area (Å²) in [4.78, 5) is 46.6. The Morgan fingerprint density at radius 2 is 1.69 bits per heavy atom. The molecule has 0 spiro atoms. The molecule has 260 valence electrons. The number of aromatic nitrogens is 2. The van der Waals surface area contributed by atoms with E-state index in [4.69, 9.17) is 4.74 Å². The number of aryl methyl sites for hydroxylation is 5. The van der Waals surface area contributed by atoms with Crippen LogP contribution in [-0.4, -0.2) is 58.2 Å². The van der Waals surface area contributed by atoms with Crippen LogP contribution >= 0.6 is 0 Å².